The molecular weight excluding hydrogens is 432 g/mol. The number of rotatable bonds is 6. The first-order valence-corrected chi connectivity index (χ1v) is 11.0. The quantitative estimate of drug-likeness (QED) is 0.566. The van der Waals surface area contributed by atoms with Crippen molar-refractivity contribution < 1.29 is 18.7 Å². The van der Waals surface area contributed by atoms with Gasteiger partial charge < -0.3 is 18.8 Å². The molecule has 3 heterocycles. The summed E-state index contributed by atoms with van der Waals surface area (Å²) in [6, 6.07) is 15.1. The molecule has 166 valence electrons. The first-order chi connectivity index (χ1) is 15.6. The number of aromatic nitrogens is 2. The number of nitrogens with zero attached hydrogens (tertiary/aromatic N) is 4. The van der Waals surface area contributed by atoms with Gasteiger partial charge in [0.1, 0.15) is 11.9 Å². The summed E-state index contributed by atoms with van der Waals surface area (Å²) in [5, 5.41) is 8.47. The van der Waals surface area contributed by atoms with Crippen LogP contribution in [0.3, 0.4) is 0 Å². The van der Waals surface area contributed by atoms with Crippen LogP contribution in [0.4, 0.5) is 0 Å². The molecule has 8 nitrogen and oxygen atoms in total. The zero-order chi connectivity index (χ0) is 21.9. The van der Waals surface area contributed by atoms with Gasteiger partial charge >= 0.3 is 11.8 Å². The van der Waals surface area contributed by atoms with Gasteiger partial charge in [0, 0.05) is 30.2 Å². The van der Waals surface area contributed by atoms with E-state index in [1.165, 1.54) is 5.56 Å². The molecule has 2 aromatic carbocycles. The number of ether oxygens (including phenoxy) is 2. The molecule has 0 spiro atoms. The highest BCUT2D eigenvalue weighted by Crippen LogP contribution is 2.23. The summed E-state index contributed by atoms with van der Waals surface area (Å²) < 4.78 is 16.9. The van der Waals surface area contributed by atoms with E-state index in [-0.39, 0.29) is 23.8 Å². The molecule has 0 saturated carbocycles. The average Bonchev–Trinajstić information content (AvgIpc) is 3.28. The zero-order valence-corrected chi connectivity index (χ0v) is 18.2. The van der Waals surface area contributed by atoms with Crippen molar-refractivity contribution >= 4 is 17.5 Å². The van der Waals surface area contributed by atoms with Gasteiger partial charge in [-0.25, -0.2) is 0 Å². The average molecular weight is 455 g/mol. The molecule has 0 atom stereocenters. The van der Waals surface area contributed by atoms with E-state index in [2.05, 4.69) is 27.2 Å². The van der Waals surface area contributed by atoms with Crippen molar-refractivity contribution in [3.8, 4) is 17.2 Å². The van der Waals surface area contributed by atoms with Crippen molar-refractivity contribution in [2.24, 2.45) is 0 Å². The second kappa shape index (κ2) is 9.28. The number of carbonyl (C=O) groups excluding carboxylic acids is 1. The van der Waals surface area contributed by atoms with E-state index in [1.807, 2.05) is 12.1 Å². The van der Waals surface area contributed by atoms with E-state index in [0.29, 0.717) is 23.7 Å². The molecule has 1 aromatic heterocycles. The highest BCUT2D eigenvalue weighted by atomic mass is 35.5. The van der Waals surface area contributed by atoms with Gasteiger partial charge in [0.05, 0.1) is 26.3 Å². The summed E-state index contributed by atoms with van der Waals surface area (Å²) in [5.41, 5.74) is 1.96. The smallest absolute Gasteiger partial charge is 0.311 e. The van der Waals surface area contributed by atoms with Crippen molar-refractivity contribution in [1.82, 2.24) is 20.0 Å². The van der Waals surface area contributed by atoms with Crippen molar-refractivity contribution in [1.29, 1.82) is 0 Å². The van der Waals surface area contributed by atoms with Crippen LogP contribution in [0, 0.1) is 0 Å². The van der Waals surface area contributed by atoms with E-state index in [4.69, 9.17) is 25.5 Å². The maximum absolute atomic E-state index is 12.6. The van der Waals surface area contributed by atoms with E-state index < -0.39 is 0 Å². The lowest BCUT2D eigenvalue weighted by Gasteiger charge is -2.38. The Bertz CT molecular complexity index is 1060. The first kappa shape index (κ1) is 20.9. The van der Waals surface area contributed by atoms with E-state index in [0.717, 1.165) is 38.6 Å². The number of hydrogen-bond donors (Lipinski definition) is 0. The Hall–Kier alpha value is -2.94. The molecular formula is C23H23ClN4O4. The summed E-state index contributed by atoms with van der Waals surface area (Å²) in [6.45, 7) is 5.39. The summed E-state index contributed by atoms with van der Waals surface area (Å²) in [5.74, 6) is 0.769. The zero-order valence-electron chi connectivity index (χ0n) is 17.4. The molecule has 2 aliphatic rings. The van der Waals surface area contributed by atoms with Crippen LogP contribution in [0.2, 0.25) is 5.02 Å². The van der Waals surface area contributed by atoms with Crippen LogP contribution >= 0.6 is 11.6 Å². The van der Waals surface area contributed by atoms with Crippen molar-refractivity contribution in [2.45, 2.75) is 12.6 Å². The molecule has 0 bridgehead atoms. The Labute approximate surface area is 190 Å². The van der Waals surface area contributed by atoms with Crippen molar-refractivity contribution in [3.05, 3.63) is 65.0 Å². The number of likely N-dealkylation sites (tertiary alicyclic amines) is 1. The highest BCUT2D eigenvalue weighted by Gasteiger charge is 2.35. The van der Waals surface area contributed by atoms with Crippen LogP contribution in [0.15, 0.2) is 52.9 Å². The first-order valence-electron chi connectivity index (χ1n) is 10.6. The van der Waals surface area contributed by atoms with Crippen molar-refractivity contribution in [3.63, 3.8) is 0 Å². The third kappa shape index (κ3) is 4.77. The Morgan fingerprint density at radius 3 is 2.47 bits per heavy atom. The lowest BCUT2D eigenvalue weighted by atomic mass is 10.1. The Morgan fingerprint density at radius 1 is 1.03 bits per heavy atom. The van der Waals surface area contributed by atoms with Crippen molar-refractivity contribution in [2.75, 3.05) is 39.4 Å². The summed E-state index contributed by atoms with van der Waals surface area (Å²) in [6.07, 6.45) is -0.0531. The minimum Gasteiger partial charge on any atom is -0.487 e. The highest BCUT2D eigenvalue weighted by molar-refractivity contribution is 6.30. The fourth-order valence-corrected chi connectivity index (χ4v) is 3.84. The minimum atomic E-state index is -0.293. The Kier molecular flexibility index (Phi) is 6.07. The van der Waals surface area contributed by atoms with E-state index in [1.54, 1.807) is 29.2 Å². The second-order valence-electron chi connectivity index (χ2n) is 7.90. The molecule has 0 N–H and O–H groups in total. The molecule has 2 aliphatic heterocycles. The van der Waals surface area contributed by atoms with Crippen LogP contribution in [-0.2, 0) is 11.3 Å². The van der Waals surface area contributed by atoms with E-state index >= 15 is 0 Å². The van der Waals surface area contributed by atoms with Crippen LogP contribution in [-0.4, -0.2) is 71.4 Å². The number of benzene rings is 2. The molecule has 1 amide bonds. The molecule has 32 heavy (non-hydrogen) atoms. The summed E-state index contributed by atoms with van der Waals surface area (Å²) >= 11 is 5.90. The van der Waals surface area contributed by atoms with Crippen LogP contribution in [0.1, 0.15) is 16.2 Å². The molecule has 0 radical (unpaired) electrons. The molecule has 5 rings (SSSR count). The van der Waals surface area contributed by atoms with Gasteiger partial charge in [-0.15, -0.1) is 10.2 Å². The van der Waals surface area contributed by atoms with Crippen LogP contribution < -0.4 is 4.74 Å². The summed E-state index contributed by atoms with van der Waals surface area (Å²) in [4.78, 5) is 16.6. The molecule has 0 aliphatic carbocycles. The van der Waals surface area contributed by atoms with Gasteiger partial charge in [0.2, 0.25) is 5.89 Å². The predicted octanol–water partition coefficient (Wildman–Crippen LogP) is 3.13. The lowest BCUT2D eigenvalue weighted by molar-refractivity contribution is 0.0149. The normalized spacial score (nSPS) is 17.2. The predicted molar refractivity (Wildman–Crippen MR) is 118 cm³/mol. The number of amides is 1. The fourth-order valence-electron chi connectivity index (χ4n) is 3.72. The Morgan fingerprint density at radius 2 is 1.75 bits per heavy atom. The largest absolute Gasteiger partial charge is 0.487 e. The number of morpholine rings is 1. The van der Waals surface area contributed by atoms with Gasteiger partial charge in [0.15, 0.2) is 0 Å². The van der Waals surface area contributed by atoms with Gasteiger partial charge in [-0.3, -0.25) is 9.69 Å². The summed E-state index contributed by atoms with van der Waals surface area (Å²) in [7, 11) is 0. The third-order valence-electron chi connectivity index (χ3n) is 5.57. The molecule has 0 unspecified atom stereocenters. The standard InChI is InChI=1S/C23H23ClN4O4/c24-18-5-3-17(4-6-18)21-25-26-22(32-21)23(29)28-14-20(15-28)31-19-7-1-16(2-8-19)13-27-9-11-30-12-10-27/h1-8,20H,9-15H2. The SMILES string of the molecule is O=C(c1nnc(-c2ccc(Cl)cc2)o1)N1CC(Oc2ccc(CN3CCOCC3)cc2)C1. The molecule has 3 aromatic rings. The molecule has 2 saturated heterocycles. The number of halogens is 1. The number of carbonyl (C=O) groups is 1. The maximum atomic E-state index is 12.6. The van der Waals surface area contributed by atoms with Gasteiger partial charge in [-0.05, 0) is 42.0 Å². The number of hydrogen-bond acceptors (Lipinski definition) is 7. The van der Waals surface area contributed by atoms with E-state index in [9.17, 15) is 4.79 Å². The molecule has 2 fully saturated rings. The monoisotopic (exact) mass is 454 g/mol. The second-order valence-corrected chi connectivity index (χ2v) is 8.34. The van der Waals surface area contributed by atoms with Crippen LogP contribution in [0.25, 0.3) is 11.5 Å². The van der Waals surface area contributed by atoms with Crippen LogP contribution in [0.5, 0.6) is 5.75 Å². The fraction of sp³-hybridized carbons (Fsp3) is 0.348. The topological polar surface area (TPSA) is 80.9 Å². The van der Waals surface area contributed by atoms with Gasteiger partial charge in [-0.2, -0.15) is 0 Å². The lowest BCUT2D eigenvalue weighted by Crippen LogP contribution is -2.56. The van der Waals surface area contributed by atoms with Gasteiger partial charge in [-0.1, -0.05) is 23.7 Å². The van der Waals surface area contributed by atoms with Gasteiger partial charge in [0.25, 0.3) is 0 Å². The minimum absolute atomic E-state index is 0.0270. The molecule has 9 heteroatoms. The Balaban J connectivity index is 1.11. The maximum Gasteiger partial charge on any atom is 0.311 e. The third-order valence-corrected chi connectivity index (χ3v) is 5.82.